The van der Waals surface area contributed by atoms with Crippen molar-refractivity contribution in [1.82, 2.24) is 25.0 Å². The van der Waals surface area contributed by atoms with E-state index in [2.05, 4.69) is 20.1 Å². The molecule has 2 aromatic heterocycles. The number of hydrogen-bond donors (Lipinski definition) is 0. The van der Waals surface area contributed by atoms with E-state index < -0.39 is 24.4 Å². The molecule has 34 heavy (non-hydrogen) atoms. The molecule has 1 amide bonds. The molecule has 9 nitrogen and oxygen atoms in total. The Morgan fingerprint density at radius 2 is 1.85 bits per heavy atom. The lowest BCUT2D eigenvalue weighted by atomic mass is 10.1. The fourth-order valence-electron chi connectivity index (χ4n) is 3.67. The molecule has 2 atom stereocenters. The number of aryl methyl sites for hydroxylation is 2. The maximum Gasteiger partial charge on any atom is 0.275 e. The number of carbonyl (C=O) groups is 1. The van der Waals surface area contributed by atoms with E-state index >= 15 is 0 Å². The van der Waals surface area contributed by atoms with Gasteiger partial charge in [-0.15, -0.1) is 0 Å². The quantitative estimate of drug-likeness (QED) is 0.550. The van der Waals surface area contributed by atoms with Gasteiger partial charge in [-0.05, 0) is 32.9 Å². The molecule has 0 bridgehead atoms. The van der Waals surface area contributed by atoms with E-state index in [0.717, 1.165) is 6.07 Å². The Morgan fingerprint density at radius 3 is 2.56 bits per heavy atom. The van der Waals surface area contributed by atoms with E-state index in [4.69, 9.17) is 9.36 Å². The van der Waals surface area contributed by atoms with Crippen molar-refractivity contribution < 1.29 is 27.3 Å². The zero-order valence-electron chi connectivity index (χ0n) is 18.8. The van der Waals surface area contributed by atoms with Gasteiger partial charge in [0.15, 0.2) is 11.6 Å². The SMILES string of the molecule is Cc1nc(C(F)C(F)F)cc(N2CCN(C(=O)c3ccccc3-c3nc(C)no3)C[C@H](C)O2)n1. The van der Waals surface area contributed by atoms with Crippen molar-refractivity contribution in [3.63, 3.8) is 0 Å². The predicted octanol–water partition coefficient (Wildman–Crippen LogP) is 3.70. The lowest BCUT2D eigenvalue weighted by Gasteiger charge is -2.23. The summed E-state index contributed by atoms with van der Waals surface area (Å²) >= 11 is 0. The van der Waals surface area contributed by atoms with Gasteiger partial charge in [0.25, 0.3) is 18.2 Å². The van der Waals surface area contributed by atoms with E-state index in [1.165, 1.54) is 12.0 Å². The molecule has 1 saturated heterocycles. The van der Waals surface area contributed by atoms with Crippen LogP contribution in [0.15, 0.2) is 34.9 Å². The Hall–Kier alpha value is -3.54. The fraction of sp³-hybridized carbons (Fsp3) is 0.409. The number of benzene rings is 1. The van der Waals surface area contributed by atoms with Crippen LogP contribution < -0.4 is 5.06 Å². The number of carbonyl (C=O) groups excluding carboxylic acids is 1. The van der Waals surface area contributed by atoms with Gasteiger partial charge >= 0.3 is 0 Å². The molecular weight excluding hydrogens is 453 g/mol. The average Bonchev–Trinajstić information content (AvgIpc) is 3.15. The summed E-state index contributed by atoms with van der Waals surface area (Å²) in [6, 6.07) is 8.06. The van der Waals surface area contributed by atoms with Crippen LogP contribution in [0.5, 0.6) is 0 Å². The minimum absolute atomic E-state index is 0.132. The number of aromatic nitrogens is 4. The Kier molecular flexibility index (Phi) is 6.77. The normalized spacial score (nSPS) is 17.7. The summed E-state index contributed by atoms with van der Waals surface area (Å²) in [5.41, 5.74) is 0.485. The van der Waals surface area contributed by atoms with Gasteiger partial charge in [-0.3, -0.25) is 9.63 Å². The second-order valence-corrected chi connectivity index (χ2v) is 7.90. The van der Waals surface area contributed by atoms with Crippen molar-refractivity contribution in [2.24, 2.45) is 0 Å². The first-order valence-corrected chi connectivity index (χ1v) is 10.6. The first kappa shape index (κ1) is 23.6. The molecular formula is C22H23F3N6O3. The van der Waals surface area contributed by atoms with Crippen LogP contribution in [-0.4, -0.2) is 63.1 Å². The standard InChI is InChI=1S/C22H23F3N6O3/c1-12-11-30(22(32)16-7-5-4-6-15(16)21-28-14(3)29-33-21)8-9-31(34-12)18-10-17(19(23)20(24)25)26-13(2)27-18/h4-7,10,12,19-20H,8-9,11H2,1-3H3/t12-,19?/m0/s1. The van der Waals surface area contributed by atoms with Crippen molar-refractivity contribution in [3.05, 3.63) is 53.2 Å². The molecule has 1 aliphatic heterocycles. The van der Waals surface area contributed by atoms with E-state index in [1.54, 1.807) is 43.0 Å². The second kappa shape index (κ2) is 9.75. The van der Waals surface area contributed by atoms with Gasteiger partial charge in [0.2, 0.25) is 6.17 Å². The van der Waals surface area contributed by atoms with Crippen molar-refractivity contribution in [3.8, 4) is 11.5 Å². The first-order valence-electron chi connectivity index (χ1n) is 10.6. The fourth-order valence-corrected chi connectivity index (χ4v) is 3.67. The number of nitrogens with zero attached hydrogens (tertiary/aromatic N) is 6. The molecule has 3 aromatic rings. The van der Waals surface area contributed by atoms with Gasteiger partial charge in [0.1, 0.15) is 11.9 Å². The number of alkyl halides is 3. The van der Waals surface area contributed by atoms with E-state index in [9.17, 15) is 18.0 Å². The van der Waals surface area contributed by atoms with Crippen LogP contribution >= 0.6 is 0 Å². The van der Waals surface area contributed by atoms with Crippen LogP contribution in [0.4, 0.5) is 19.0 Å². The van der Waals surface area contributed by atoms with Crippen LogP contribution in [0.25, 0.3) is 11.5 Å². The van der Waals surface area contributed by atoms with Gasteiger partial charge in [0.05, 0.1) is 23.4 Å². The third kappa shape index (κ3) is 5.01. The second-order valence-electron chi connectivity index (χ2n) is 7.90. The molecule has 0 aliphatic carbocycles. The zero-order valence-corrected chi connectivity index (χ0v) is 18.8. The molecule has 0 saturated carbocycles. The lowest BCUT2D eigenvalue weighted by molar-refractivity contribution is 0.0410. The highest BCUT2D eigenvalue weighted by Crippen LogP contribution is 2.28. The van der Waals surface area contributed by atoms with Gasteiger partial charge < -0.3 is 9.42 Å². The monoisotopic (exact) mass is 476 g/mol. The first-order chi connectivity index (χ1) is 16.2. The molecule has 0 N–H and O–H groups in total. The molecule has 1 unspecified atom stereocenters. The van der Waals surface area contributed by atoms with Crippen LogP contribution in [-0.2, 0) is 4.84 Å². The Morgan fingerprint density at radius 1 is 1.09 bits per heavy atom. The molecule has 1 aromatic carbocycles. The molecule has 1 fully saturated rings. The minimum Gasteiger partial charge on any atom is -0.334 e. The molecule has 12 heteroatoms. The smallest absolute Gasteiger partial charge is 0.275 e. The molecule has 0 radical (unpaired) electrons. The molecule has 4 rings (SSSR count). The summed E-state index contributed by atoms with van der Waals surface area (Å²) < 4.78 is 44.9. The van der Waals surface area contributed by atoms with Crippen molar-refractivity contribution in [1.29, 1.82) is 0 Å². The summed E-state index contributed by atoms with van der Waals surface area (Å²) in [4.78, 5) is 33.1. The Labute approximate surface area is 193 Å². The number of rotatable bonds is 5. The van der Waals surface area contributed by atoms with Gasteiger partial charge in [-0.2, -0.15) is 4.98 Å². The third-order valence-electron chi connectivity index (χ3n) is 5.16. The maximum absolute atomic E-state index is 13.9. The van der Waals surface area contributed by atoms with E-state index in [1.807, 2.05) is 0 Å². The van der Waals surface area contributed by atoms with Crippen molar-refractivity contribution >= 4 is 11.7 Å². The summed E-state index contributed by atoms with van der Waals surface area (Å²) in [5.74, 6) is 0.712. The highest BCUT2D eigenvalue weighted by Gasteiger charge is 2.30. The molecule has 1 aliphatic rings. The maximum atomic E-state index is 13.9. The highest BCUT2D eigenvalue weighted by molar-refractivity contribution is 6.00. The zero-order chi connectivity index (χ0) is 24.4. The summed E-state index contributed by atoms with van der Waals surface area (Å²) in [6.07, 6.45) is -6.20. The highest BCUT2D eigenvalue weighted by atomic mass is 19.3. The molecule has 3 heterocycles. The van der Waals surface area contributed by atoms with Crippen LogP contribution in [0.1, 0.15) is 40.8 Å². The van der Waals surface area contributed by atoms with Crippen molar-refractivity contribution in [2.45, 2.75) is 39.5 Å². The topological polar surface area (TPSA) is 97.5 Å². The number of halogens is 3. The largest absolute Gasteiger partial charge is 0.334 e. The van der Waals surface area contributed by atoms with Gasteiger partial charge in [-0.25, -0.2) is 28.2 Å². The van der Waals surface area contributed by atoms with Crippen LogP contribution in [0.2, 0.25) is 0 Å². The number of anilines is 1. The summed E-state index contributed by atoms with van der Waals surface area (Å²) in [6.45, 7) is 5.61. The molecule has 180 valence electrons. The number of amides is 1. The van der Waals surface area contributed by atoms with Crippen LogP contribution in [0.3, 0.4) is 0 Å². The van der Waals surface area contributed by atoms with E-state index in [0.29, 0.717) is 17.0 Å². The number of hydroxylamine groups is 1. The van der Waals surface area contributed by atoms with Gasteiger partial charge in [0, 0.05) is 19.2 Å². The molecule has 0 spiro atoms. The predicted molar refractivity (Wildman–Crippen MR) is 115 cm³/mol. The Bertz CT molecular complexity index is 1170. The lowest BCUT2D eigenvalue weighted by Crippen LogP contribution is -2.37. The minimum atomic E-state index is -3.21. The van der Waals surface area contributed by atoms with Crippen molar-refractivity contribution in [2.75, 3.05) is 24.7 Å². The summed E-state index contributed by atoms with van der Waals surface area (Å²) in [7, 11) is 0. The summed E-state index contributed by atoms with van der Waals surface area (Å²) in [5, 5.41) is 5.17. The van der Waals surface area contributed by atoms with Crippen LogP contribution in [0, 0.1) is 13.8 Å². The number of hydrogen-bond acceptors (Lipinski definition) is 8. The third-order valence-corrected chi connectivity index (χ3v) is 5.16. The average molecular weight is 476 g/mol. The van der Waals surface area contributed by atoms with Gasteiger partial charge in [-0.1, -0.05) is 17.3 Å². The Balaban J connectivity index is 1.57. The van der Waals surface area contributed by atoms with E-state index in [-0.39, 0.29) is 43.1 Å².